The zero-order valence-corrected chi connectivity index (χ0v) is 14.6. The molecule has 4 aliphatic rings. The van der Waals surface area contributed by atoms with Gasteiger partial charge >= 0.3 is 0 Å². The van der Waals surface area contributed by atoms with E-state index in [-0.39, 0.29) is 5.60 Å². The lowest BCUT2D eigenvalue weighted by molar-refractivity contribution is -0.146. The second kappa shape index (κ2) is 5.56. The highest BCUT2D eigenvalue weighted by molar-refractivity contribution is 7.22. The van der Waals surface area contributed by atoms with Crippen LogP contribution in [0.3, 0.4) is 0 Å². The van der Waals surface area contributed by atoms with Gasteiger partial charge in [-0.3, -0.25) is 10.3 Å². The van der Waals surface area contributed by atoms with Gasteiger partial charge in [0, 0.05) is 0 Å². The maximum Gasteiger partial charge on any atom is 0.199 e. The lowest BCUT2D eigenvalue weighted by Crippen LogP contribution is -2.50. The predicted molar refractivity (Wildman–Crippen MR) is 93.5 cm³/mol. The summed E-state index contributed by atoms with van der Waals surface area (Å²) >= 11 is 1.62. The summed E-state index contributed by atoms with van der Waals surface area (Å²) in [4.78, 5) is 10.7. The van der Waals surface area contributed by atoms with Gasteiger partial charge in [0.25, 0.3) is 0 Å². The van der Waals surface area contributed by atoms with Crippen LogP contribution >= 0.6 is 11.3 Å². The van der Waals surface area contributed by atoms with Crippen molar-refractivity contribution in [2.24, 2.45) is 11.8 Å². The second-order valence-corrected chi connectivity index (χ2v) is 8.26. The first-order chi connectivity index (χ1) is 11.7. The van der Waals surface area contributed by atoms with Crippen LogP contribution in [0.25, 0.3) is 10.2 Å². The van der Waals surface area contributed by atoms with Crippen molar-refractivity contribution in [2.75, 3.05) is 19.1 Å². The molecule has 7 heteroatoms. The number of nitrogens with zero attached hydrogens (tertiary/aromatic N) is 2. The highest BCUT2D eigenvalue weighted by Crippen LogP contribution is 2.50. The van der Waals surface area contributed by atoms with E-state index in [0.29, 0.717) is 5.92 Å². The van der Waals surface area contributed by atoms with Crippen LogP contribution in [0.1, 0.15) is 32.1 Å². The first-order valence-corrected chi connectivity index (χ1v) is 9.48. The zero-order chi connectivity index (χ0) is 16.1. The largest absolute Gasteiger partial charge is 0.497 e. The summed E-state index contributed by atoms with van der Waals surface area (Å²) in [5, 5.41) is 2.82. The third-order valence-corrected chi connectivity index (χ3v) is 6.76. The Hall–Kier alpha value is -1.41. The molecular formula is C17H22N4O2S. The van der Waals surface area contributed by atoms with Gasteiger partial charge in [-0.05, 0) is 62.1 Å². The average Bonchev–Trinajstić information content (AvgIpc) is 3.19. The summed E-state index contributed by atoms with van der Waals surface area (Å²) in [5.41, 5.74) is 7.41. The number of methoxy groups -OCH3 is 1. The smallest absolute Gasteiger partial charge is 0.199 e. The quantitative estimate of drug-likeness (QED) is 0.889. The van der Waals surface area contributed by atoms with E-state index in [1.807, 2.05) is 23.3 Å². The molecule has 2 aromatic rings. The maximum atomic E-state index is 6.08. The van der Waals surface area contributed by atoms with Crippen molar-refractivity contribution in [3.8, 4) is 5.75 Å². The summed E-state index contributed by atoms with van der Waals surface area (Å²) in [6.07, 6.45) is 6.55. The lowest BCUT2D eigenvalue weighted by Gasteiger charge is -2.47. The molecule has 1 aromatic carbocycles. The third-order valence-electron chi connectivity index (χ3n) is 5.84. The maximum absolute atomic E-state index is 6.08. The molecule has 3 aliphatic carbocycles. The van der Waals surface area contributed by atoms with E-state index in [1.165, 1.54) is 32.1 Å². The normalized spacial score (nSPS) is 32.7. The van der Waals surface area contributed by atoms with Crippen molar-refractivity contribution in [1.29, 1.82) is 0 Å². The Morgan fingerprint density at radius 3 is 3.00 bits per heavy atom. The molecule has 0 radical (unpaired) electrons. The van der Waals surface area contributed by atoms with Gasteiger partial charge in [0.15, 0.2) is 5.13 Å². The molecule has 6 nitrogen and oxygen atoms in total. The summed E-state index contributed by atoms with van der Waals surface area (Å²) in [6.45, 7) is 0.868. The van der Waals surface area contributed by atoms with Crippen molar-refractivity contribution in [3.05, 3.63) is 18.2 Å². The Bertz CT molecular complexity index is 758. The zero-order valence-electron chi connectivity index (χ0n) is 13.7. The van der Waals surface area contributed by atoms with E-state index >= 15 is 0 Å². The van der Waals surface area contributed by atoms with Crippen molar-refractivity contribution in [1.82, 2.24) is 15.7 Å². The van der Waals surface area contributed by atoms with E-state index in [0.717, 1.165) is 33.6 Å². The molecule has 1 aromatic heterocycles. The fourth-order valence-corrected chi connectivity index (χ4v) is 5.50. The standard InChI is InChI=1S/C17H22N4O2S/c1-22-13-6-7-14-15(8-13)24-16(18-14)19-21-10-17(23-20-21)9-11-2-4-12(17)5-3-11/h6-8,11-12,20H,2-5,9-10H2,1H3,(H,18,19)/t11?,12?,17-/m0/s1. The lowest BCUT2D eigenvalue weighted by atomic mass is 9.62. The Morgan fingerprint density at radius 1 is 1.38 bits per heavy atom. The number of aromatic nitrogens is 1. The summed E-state index contributed by atoms with van der Waals surface area (Å²) < 4.78 is 6.40. The number of hydrogen-bond donors (Lipinski definition) is 2. The molecule has 128 valence electrons. The van der Waals surface area contributed by atoms with Crippen molar-refractivity contribution in [2.45, 2.75) is 37.7 Å². The van der Waals surface area contributed by atoms with Crippen LogP contribution in [-0.4, -0.2) is 29.4 Å². The molecule has 0 unspecified atom stereocenters. The molecule has 2 N–H and O–H groups in total. The van der Waals surface area contributed by atoms with Gasteiger partial charge in [-0.1, -0.05) is 11.3 Å². The van der Waals surface area contributed by atoms with E-state index in [1.54, 1.807) is 18.4 Å². The van der Waals surface area contributed by atoms with Crippen LogP contribution in [-0.2, 0) is 4.84 Å². The molecule has 2 bridgehead atoms. The van der Waals surface area contributed by atoms with Gasteiger partial charge in [0.05, 0.1) is 23.9 Å². The molecule has 4 fully saturated rings. The Balaban J connectivity index is 1.32. The number of thiazole rings is 1. The number of fused-ring (bicyclic) bond motifs is 3. The first-order valence-electron chi connectivity index (χ1n) is 8.66. The number of anilines is 1. The van der Waals surface area contributed by atoms with E-state index in [4.69, 9.17) is 9.57 Å². The summed E-state index contributed by atoms with van der Waals surface area (Å²) in [7, 11) is 1.68. The monoisotopic (exact) mass is 346 g/mol. The highest BCUT2D eigenvalue weighted by Gasteiger charge is 2.53. The second-order valence-electron chi connectivity index (χ2n) is 7.23. The van der Waals surface area contributed by atoms with Crippen LogP contribution in [0.15, 0.2) is 18.2 Å². The third kappa shape index (κ3) is 2.38. The highest BCUT2D eigenvalue weighted by atomic mass is 32.1. The van der Waals surface area contributed by atoms with Gasteiger partial charge in [-0.25, -0.2) is 4.98 Å². The van der Waals surface area contributed by atoms with Crippen LogP contribution < -0.4 is 15.8 Å². The summed E-state index contributed by atoms with van der Waals surface area (Å²) in [5.74, 6) is 2.38. The predicted octanol–water partition coefficient (Wildman–Crippen LogP) is 3.33. The van der Waals surface area contributed by atoms with Crippen molar-refractivity contribution in [3.63, 3.8) is 0 Å². The van der Waals surface area contributed by atoms with Crippen molar-refractivity contribution >= 4 is 26.7 Å². The number of rotatable bonds is 3. The Morgan fingerprint density at radius 2 is 2.25 bits per heavy atom. The molecule has 1 spiro atoms. The van der Waals surface area contributed by atoms with Gasteiger partial charge < -0.3 is 4.74 Å². The molecule has 24 heavy (non-hydrogen) atoms. The molecule has 2 heterocycles. The SMILES string of the molecule is COc1ccc2nc(NN3C[C@]4(CC5CCC4CC5)ON3)sc2c1. The van der Waals surface area contributed by atoms with Crippen LogP contribution in [0.5, 0.6) is 5.75 Å². The van der Waals surface area contributed by atoms with Crippen LogP contribution in [0.2, 0.25) is 0 Å². The molecular weight excluding hydrogens is 324 g/mol. The van der Waals surface area contributed by atoms with Crippen LogP contribution in [0, 0.1) is 11.8 Å². The molecule has 3 saturated carbocycles. The van der Waals surface area contributed by atoms with E-state index in [2.05, 4.69) is 16.0 Å². The van der Waals surface area contributed by atoms with Gasteiger partial charge in [-0.15, -0.1) is 10.7 Å². The summed E-state index contributed by atoms with van der Waals surface area (Å²) in [6, 6.07) is 5.95. The van der Waals surface area contributed by atoms with Gasteiger partial charge in [-0.2, -0.15) is 0 Å². The first kappa shape index (κ1) is 14.9. The molecule has 1 aliphatic heterocycles. The Labute approximate surface area is 145 Å². The minimum Gasteiger partial charge on any atom is -0.497 e. The fourth-order valence-electron chi connectivity index (χ4n) is 4.60. The average molecular weight is 346 g/mol. The topological polar surface area (TPSA) is 58.7 Å². The van der Waals surface area contributed by atoms with Gasteiger partial charge in [0.1, 0.15) is 11.4 Å². The van der Waals surface area contributed by atoms with E-state index < -0.39 is 0 Å². The molecule has 6 rings (SSSR count). The van der Waals surface area contributed by atoms with E-state index in [9.17, 15) is 0 Å². The fraction of sp³-hybridized carbons (Fsp3) is 0.588. The van der Waals surface area contributed by atoms with Crippen molar-refractivity contribution < 1.29 is 9.57 Å². The Kier molecular flexibility index (Phi) is 3.45. The van der Waals surface area contributed by atoms with Crippen LogP contribution in [0.4, 0.5) is 5.13 Å². The molecule has 1 atom stereocenters. The molecule has 0 amide bonds. The minimum absolute atomic E-state index is 0.0198. The number of ether oxygens (including phenoxy) is 1. The number of benzene rings is 1. The number of nitrogens with one attached hydrogen (secondary N) is 2. The molecule has 1 saturated heterocycles. The number of hydrogen-bond acceptors (Lipinski definition) is 7. The minimum atomic E-state index is -0.0198. The number of hydrazine groups is 2. The van der Waals surface area contributed by atoms with Gasteiger partial charge in [0.2, 0.25) is 0 Å².